The molecule has 3 N–H and O–H groups in total. The Morgan fingerprint density at radius 1 is 1.35 bits per heavy atom. The molecule has 0 aliphatic heterocycles. The predicted molar refractivity (Wildman–Crippen MR) is 63.6 cm³/mol. The van der Waals surface area contributed by atoms with Gasteiger partial charge in [0.15, 0.2) is 0 Å². The van der Waals surface area contributed by atoms with Crippen LogP contribution in [0.25, 0.3) is 0 Å². The second kappa shape index (κ2) is 5.00. The van der Waals surface area contributed by atoms with E-state index in [1.165, 1.54) is 0 Å². The summed E-state index contributed by atoms with van der Waals surface area (Å²) in [6.45, 7) is 0. The Morgan fingerprint density at radius 3 is 2.60 bits per heavy atom. The molecule has 20 heavy (non-hydrogen) atoms. The molecule has 2 aromatic rings. The SMILES string of the molecule is O=C(Nc1cc(C(F)(F)F)ccc1Cl)c1n[nH]c(=O)[nH]1. The standard InChI is InChI=1S/C10H6ClF3N4O2/c11-5-2-1-4(10(12,13)14)3-6(5)15-8(19)7-16-9(20)18-17-7/h1-3H,(H,15,19)(H2,16,17,18,20). The third-order valence-corrected chi connectivity index (χ3v) is 2.59. The van der Waals surface area contributed by atoms with Crippen molar-refractivity contribution in [3.05, 3.63) is 45.1 Å². The summed E-state index contributed by atoms with van der Waals surface area (Å²) in [5.74, 6) is -1.27. The molecular formula is C10H6ClF3N4O2. The third kappa shape index (κ3) is 2.99. The zero-order valence-electron chi connectivity index (χ0n) is 9.51. The van der Waals surface area contributed by atoms with Crippen LogP contribution >= 0.6 is 11.6 Å². The van der Waals surface area contributed by atoms with Crippen molar-refractivity contribution in [3.63, 3.8) is 0 Å². The molecule has 0 saturated heterocycles. The largest absolute Gasteiger partial charge is 0.416 e. The maximum atomic E-state index is 12.5. The fourth-order valence-corrected chi connectivity index (χ4v) is 1.52. The molecular weight excluding hydrogens is 301 g/mol. The van der Waals surface area contributed by atoms with Crippen LogP contribution < -0.4 is 11.0 Å². The highest BCUT2D eigenvalue weighted by Gasteiger charge is 2.31. The van der Waals surface area contributed by atoms with Gasteiger partial charge in [-0.2, -0.15) is 13.2 Å². The van der Waals surface area contributed by atoms with Gasteiger partial charge in [-0.05, 0) is 18.2 Å². The minimum atomic E-state index is -4.56. The van der Waals surface area contributed by atoms with Crippen LogP contribution in [-0.4, -0.2) is 21.1 Å². The number of aromatic amines is 2. The van der Waals surface area contributed by atoms with Crippen LogP contribution in [0.5, 0.6) is 0 Å². The zero-order chi connectivity index (χ0) is 14.9. The summed E-state index contributed by atoms with van der Waals surface area (Å²) < 4.78 is 37.6. The molecule has 0 aliphatic carbocycles. The topological polar surface area (TPSA) is 90.6 Å². The molecule has 1 heterocycles. The van der Waals surface area contributed by atoms with Crippen LogP contribution in [-0.2, 0) is 6.18 Å². The lowest BCUT2D eigenvalue weighted by Gasteiger charge is -2.10. The first kappa shape index (κ1) is 14.1. The quantitative estimate of drug-likeness (QED) is 0.793. The van der Waals surface area contributed by atoms with E-state index in [-0.39, 0.29) is 16.5 Å². The fourth-order valence-electron chi connectivity index (χ4n) is 1.36. The first-order valence-electron chi connectivity index (χ1n) is 5.10. The lowest BCUT2D eigenvalue weighted by molar-refractivity contribution is -0.137. The van der Waals surface area contributed by atoms with Gasteiger partial charge in [0.1, 0.15) is 0 Å². The van der Waals surface area contributed by atoms with Gasteiger partial charge in [-0.15, -0.1) is 5.10 Å². The van der Waals surface area contributed by atoms with Crippen molar-refractivity contribution >= 4 is 23.2 Å². The molecule has 6 nitrogen and oxygen atoms in total. The molecule has 0 unspecified atom stereocenters. The molecule has 106 valence electrons. The summed E-state index contributed by atoms with van der Waals surface area (Å²) in [6.07, 6.45) is -4.56. The lowest BCUT2D eigenvalue weighted by Crippen LogP contribution is -2.16. The van der Waals surface area contributed by atoms with E-state index in [9.17, 15) is 22.8 Å². The molecule has 0 spiro atoms. The molecule has 0 saturated carbocycles. The number of carbonyl (C=O) groups excluding carboxylic acids is 1. The van der Waals surface area contributed by atoms with E-state index in [4.69, 9.17) is 11.6 Å². The van der Waals surface area contributed by atoms with Crippen molar-refractivity contribution in [1.29, 1.82) is 0 Å². The van der Waals surface area contributed by atoms with Gasteiger partial charge in [0.2, 0.25) is 5.82 Å². The van der Waals surface area contributed by atoms with Crippen molar-refractivity contribution in [2.75, 3.05) is 5.32 Å². The summed E-state index contributed by atoms with van der Waals surface area (Å²) in [4.78, 5) is 24.5. The second-order valence-electron chi connectivity index (χ2n) is 3.67. The number of carbonyl (C=O) groups is 1. The van der Waals surface area contributed by atoms with Gasteiger partial charge in [0.05, 0.1) is 16.3 Å². The number of rotatable bonds is 2. The normalized spacial score (nSPS) is 11.4. The summed E-state index contributed by atoms with van der Waals surface area (Å²) in [5, 5.41) is 7.34. The number of aromatic nitrogens is 3. The summed E-state index contributed by atoms with van der Waals surface area (Å²) >= 11 is 5.70. The highest BCUT2D eigenvalue weighted by atomic mass is 35.5. The number of benzene rings is 1. The zero-order valence-corrected chi connectivity index (χ0v) is 10.3. The van der Waals surface area contributed by atoms with Gasteiger partial charge in [0, 0.05) is 0 Å². The second-order valence-corrected chi connectivity index (χ2v) is 4.08. The number of hydrogen-bond donors (Lipinski definition) is 3. The molecule has 0 atom stereocenters. The predicted octanol–water partition coefficient (Wildman–Crippen LogP) is 2.02. The smallest absolute Gasteiger partial charge is 0.318 e. The Balaban J connectivity index is 2.29. The maximum Gasteiger partial charge on any atom is 0.416 e. The molecule has 1 aromatic heterocycles. The minimum Gasteiger partial charge on any atom is -0.318 e. The van der Waals surface area contributed by atoms with Gasteiger partial charge < -0.3 is 5.32 Å². The Hall–Kier alpha value is -2.29. The molecule has 1 amide bonds. The molecule has 10 heteroatoms. The Morgan fingerprint density at radius 2 is 2.05 bits per heavy atom. The number of nitrogens with zero attached hydrogens (tertiary/aromatic N) is 1. The molecule has 0 fully saturated rings. The average molecular weight is 307 g/mol. The highest BCUT2D eigenvalue weighted by molar-refractivity contribution is 6.33. The van der Waals surface area contributed by atoms with Crippen LogP contribution in [0.2, 0.25) is 5.02 Å². The molecule has 1 aromatic carbocycles. The number of amides is 1. The van der Waals surface area contributed by atoms with Crippen molar-refractivity contribution < 1.29 is 18.0 Å². The van der Waals surface area contributed by atoms with E-state index in [0.29, 0.717) is 6.07 Å². The number of anilines is 1. The van der Waals surface area contributed by atoms with E-state index in [1.54, 1.807) is 0 Å². The van der Waals surface area contributed by atoms with Crippen LogP contribution in [0, 0.1) is 0 Å². The third-order valence-electron chi connectivity index (χ3n) is 2.26. The number of nitrogens with one attached hydrogen (secondary N) is 3. The van der Waals surface area contributed by atoms with Crippen molar-refractivity contribution in [1.82, 2.24) is 15.2 Å². The number of alkyl halides is 3. The summed E-state index contributed by atoms with van der Waals surface area (Å²) in [6, 6.07) is 2.48. The van der Waals surface area contributed by atoms with Crippen molar-refractivity contribution in [2.45, 2.75) is 6.18 Å². The summed E-state index contributed by atoms with van der Waals surface area (Å²) in [5.41, 5.74) is -1.92. The molecule has 0 bridgehead atoms. The van der Waals surface area contributed by atoms with E-state index in [1.807, 2.05) is 5.10 Å². The maximum absolute atomic E-state index is 12.5. The van der Waals surface area contributed by atoms with Crippen LogP contribution in [0.4, 0.5) is 18.9 Å². The van der Waals surface area contributed by atoms with Crippen LogP contribution in [0.1, 0.15) is 16.2 Å². The Kier molecular flexibility index (Phi) is 3.53. The van der Waals surface area contributed by atoms with Gasteiger partial charge >= 0.3 is 11.9 Å². The Labute approximate surface area is 114 Å². The minimum absolute atomic E-state index is 0.0794. The molecule has 0 radical (unpaired) electrons. The average Bonchev–Trinajstić information content (AvgIpc) is 2.77. The van der Waals surface area contributed by atoms with Crippen LogP contribution in [0.15, 0.2) is 23.0 Å². The first-order valence-corrected chi connectivity index (χ1v) is 5.48. The number of hydrogen-bond acceptors (Lipinski definition) is 3. The number of H-pyrrole nitrogens is 2. The van der Waals surface area contributed by atoms with Gasteiger partial charge in [-0.25, -0.2) is 9.89 Å². The lowest BCUT2D eigenvalue weighted by atomic mass is 10.2. The Bertz CT molecular complexity index is 707. The molecule has 0 aliphatic rings. The van der Waals surface area contributed by atoms with Crippen molar-refractivity contribution in [3.8, 4) is 0 Å². The number of halogens is 4. The van der Waals surface area contributed by atoms with Gasteiger partial charge in [0.25, 0.3) is 5.91 Å². The van der Waals surface area contributed by atoms with E-state index in [0.717, 1.165) is 12.1 Å². The van der Waals surface area contributed by atoms with E-state index >= 15 is 0 Å². The highest BCUT2D eigenvalue weighted by Crippen LogP contribution is 2.33. The van der Waals surface area contributed by atoms with Gasteiger partial charge in [-0.1, -0.05) is 11.6 Å². The molecule has 2 rings (SSSR count). The van der Waals surface area contributed by atoms with Gasteiger partial charge in [-0.3, -0.25) is 9.78 Å². The monoisotopic (exact) mass is 306 g/mol. The van der Waals surface area contributed by atoms with E-state index in [2.05, 4.69) is 15.4 Å². The first-order chi connectivity index (χ1) is 9.27. The van der Waals surface area contributed by atoms with E-state index < -0.39 is 23.3 Å². The van der Waals surface area contributed by atoms with Crippen molar-refractivity contribution in [2.24, 2.45) is 0 Å². The summed E-state index contributed by atoms with van der Waals surface area (Å²) in [7, 11) is 0. The fraction of sp³-hybridized carbons (Fsp3) is 0.100. The van der Waals surface area contributed by atoms with Crippen LogP contribution in [0.3, 0.4) is 0 Å².